The quantitative estimate of drug-likeness (QED) is 0.156. The summed E-state index contributed by atoms with van der Waals surface area (Å²) in [7, 11) is 0. The summed E-state index contributed by atoms with van der Waals surface area (Å²) in [6.45, 7) is 30.7. The van der Waals surface area contributed by atoms with Gasteiger partial charge in [0, 0.05) is 10.8 Å². The lowest BCUT2D eigenvalue weighted by Crippen LogP contribution is -2.19. The van der Waals surface area contributed by atoms with Crippen LogP contribution in [0.25, 0.3) is 88.0 Å². The predicted octanol–water partition coefficient (Wildman–Crippen LogP) is 18.1. The van der Waals surface area contributed by atoms with Gasteiger partial charge in [0.25, 0.3) is 0 Å². The minimum atomic E-state index is -0.157. The van der Waals surface area contributed by atoms with E-state index in [1.807, 2.05) is 0 Å². The molecule has 0 amide bonds. The van der Waals surface area contributed by atoms with Gasteiger partial charge in [-0.05, 0) is 161 Å². The Kier molecular flexibility index (Phi) is 8.47. The molecular formula is C64H62. The first-order chi connectivity index (χ1) is 30.1. The van der Waals surface area contributed by atoms with Crippen molar-refractivity contribution in [1.29, 1.82) is 0 Å². The van der Waals surface area contributed by atoms with E-state index < -0.39 is 0 Å². The van der Waals surface area contributed by atoms with Gasteiger partial charge in [0.2, 0.25) is 0 Å². The summed E-state index contributed by atoms with van der Waals surface area (Å²) < 4.78 is 0. The highest BCUT2D eigenvalue weighted by molar-refractivity contribution is 6.25. The summed E-state index contributed by atoms with van der Waals surface area (Å²) >= 11 is 0. The molecule has 9 aromatic carbocycles. The molecule has 0 aromatic heterocycles. The van der Waals surface area contributed by atoms with Gasteiger partial charge in [0.1, 0.15) is 0 Å². The Labute approximate surface area is 381 Å². The van der Waals surface area contributed by atoms with Gasteiger partial charge in [-0.3, -0.25) is 0 Å². The first-order valence-electron chi connectivity index (χ1n) is 23.6. The highest BCUT2D eigenvalue weighted by Gasteiger charge is 2.40. The third-order valence-electron chi connectivity index (χ3n) is 15.5. The minimum absolute atomic E-state index is 0.0186. The molecule has 0 fully saturated rings. The van der Waals surface area contributed by atoms with Crippen LogP contribution < -0.4 is 0 Å². The van der Waals surface area contributed by atoms with Gasteiger partial charge in [-0.25, -0.2) is 0 Å². The van der Waals surface area contributed by atoms with Crippen LogP contribution >= 0.6 is 0 Å². The van der Waals surface area contributed by atoms with E-state index in [9.17, 15) is 0 Å². The Hall–Kier alpha value is -5.98. The van der Waals surface area contributed by atoms with Crippen LogP contribution in [0, 0.1) is 0 Å². The topological polar surface area (TPSA) is 0 Å². The van der Waals surface area contributed by atoms with Gasteiger partial charge in [0.15, 0.2) is 0 Å². The molecule has 2 aliphatic carbocycles. The molecule has 2 aliphatic rings. The van der Waals surface area contributed by atoms with Crippen molar-refractivity contribution in [3.8, 4) is 55.6 Å². The molecule has 0 saturated carbocycles. The van der Waals surface area contributed by atoms with Crippen LogP contribution in [0.4, 0.5) is 0 Å². The summed E-state index contributed by atoms with van der Waals surface area (Å²) in [4.78, 5) is 0. The van der Waals surface area contributed by atoms with E-state index in [1.165, 1.54) is 127 Å². The van der Waals surface area contributed by atoms with Crippen molar-refractivity contribution in [3.05, 3.63) is 178 Å². The van der Waals surface area contributed by atoms with Crippen molar-refractivity contribution < 1.29 is 0 Å². The Morgan fingerprint density at radius 2 is 0.750 bits per heavy atom. The zero-order valence-corrected chi connectivity index (χ0v) is 40.3. The Bertz CT molecular complexity index is 3380. The molecule has 0 bridgehead atoms. The Morgan fingerprint density at radius 3 is 1.39 bits per heavy atom. The normalized spacial score (nSPS) is 15.2. The average Bonchev–Trinajstić information content (AvgIpc) is 3.62. The molecule has 0 saturated heterocycles. The van der Waals surface area contributed by atoms with E-state index in [0.717, 1.165) is 0 Å². The molecule has 64 heavy (non-hydrogen) atoms. The van der Waals surface area contributed by atoms with E-state index in [-0.39, 0.29) is 27.1 Å². The molecular weight excluding hydrogens is 769 g/mol. The molecule has 0 aliphatic heterocycles. The van der Waals surface area contributed by atoms with Crippen LogP contribution in [0.5, 0.6) is 0 Å². The average molecular weight is 831 g/mol. The SMILES string of the molecule is CC(C)(C)c1ccc2c(c1)C(C)(C)c1cc(C(C)(C)C)cc(-c3ccc4c(c3)C(C)(C)c3cc(-c5ccc(-c6ccc7ccc8cc(C(C)(C)C)cc9ccc6c7c89)cc5)ccc3-4)c1-2. The fraction of sp³-hybridized carbons (Fsp3) is 0.281. The fourth-order valence-corrected chi connectivity index (χ4v) is 11.4. The summed E-state index contributed by atoms with van der Waals surface area (Å²) in [5.74, 6) is 0. The van der Waals surface area contributed by atoms with Gasteiger partial charge >= 0.3 is 0 Å². The lowest BCUT2D eigenvalue weighted by atomic mass is 9.76. The first kappa shape index (κ1) is 40.8. The second kappa shape index (κ2) is 13.3. The van der Waals surface area contributed by atoms with Gasteiger partial charge in [-0.1, -0.05) is 211 Å². The minimum Gasteiger partial charge on any atom is -0.0579 e. The van der Waals surface area contributed by atoms with Gasteiger partial charge < -0.3 is 0 Å². The highest BCUT2D eigenvalue weighted by atomic mass is 14.4. The number of hydrogen-bond acceptors (Lipinski definition) is 0. The van der Waals surface area contributed by atoms with E-state index in [1.54, 1.807) is 0 Å². The van der Waals surface area contributed by atoms with E-state index in [4.69, 9.17) is 0 Å². The molecule has 0 heterocycles. The molecule has 11 rings (SSSR count). The van der Waals surface area contributed by atoms with Gasteiger partial charge in [-0.15, -0.1) is 0 Å². The first-order valence-corrected chi connectivity index (χ1v) is 23.6. The molecule has 0 unspecified atom stereocenters. The Morgan fingerprint density at radius 1 is 0.297 bits per heavy atom. The van der Waals surface area contributed by atoms with Gasteiger partial charge in [-0.2, -0.15) is 0 Å². The van der Waals surface area contributed by atoms with Crippen LogP contribution in [0.3, 0.4) is 0 Å². The molecule has 0 heteroatoms. The maximum absolute atomic E-state index is 2.53. The highest BCUT2D eigenvalue weighted by Crippen LogP contribution is 2.56. The standard InChI is InChI=1S/C64H62/c1-60(2,3)44-24-29-51-55(35-44)64(12,13)56-36-46(62(7,8)9)34-52(59(51)56)41-22-27-49-48-26-21-40(32-53(48)63(10,11)54(49)33-41)37-14-16-38(17-15-37)47-25-20-39-18-19-42-30-45(61(4,5)6)31-43-23-28-50(47)58(39)57(42)43/h14-36H,1-13H3. The molecule has 0 nitrogen and oxygen atoms in total. The second-order valence-corrected chi connectivity index (χ2v) is 23.5. The molecule has 0 N–H and O–H groups in total. The molecule has 9 aromatic rings. The smallest absolute Gasteiger partial charge is 0.0159 e. The summed E-state index contributed by atoms with van der Waals surface area (Å²) in [6, 6.07) is 54.8. The lowest BCUT2D eigenvalue weighted by molar-refractivity contribution is 0.580. The van der Waals surface area contributed by atoms with Crippen LogP contribution in [-0.2, 0) is 27.1 Å². The largest absolute Gasteiger partial charge is 0.0579 e. The second-order valence-electron chi connectivity index (χ2n) is 23.5. The number of fused-ring (bicyclic) bond motifs is 6. The third-order valence-corrected chi connectivity index (χ3v) is 15.5. The summed E-state index contributed by atoms with van der Waals surface area (Å²) in [6.07, 6.45) is 0. The monoisotopic (exact) mass is 830 g/mol. The predicted molar refractivity (Wildman–Crippen MR) is 278 cm³/mol. The summed E-state index contributed by atoms with van der Waals surface area (Å²) in [5.41, 5.74) is 23.0. The number of rotatable bonds is 3. The molecule has 0 atom stereocenters. The zero-order chi connectivity index (χ0) is 45.0. The van der Waals surface area contributed by atoms with Crippen molar-refractivity contribution in [2.75, 3.05) is 0 Å². The molecule has 318 valence electrons. The Balaban J connectivity index is 0.961. The van der Waals surface area contributed by atoms with Crippen LogP contribution in [-0.4, -0.2) is 0 Å². The fourth-order valence-electron chi connectivity index (χ4n) is 11.4. The van der Waals surface area contributed by atoms with Crippen molar-refractivity contribution in [2.45, 2.75) is 117 Å². The van der Waals surface area contributed by atoms with E-state index >= 15 is 0 Å². The molecule has 0 radical (unpaired) electrons. The van der Waals surface area contributed by atoms with Crippen molar-refractivity contribution in [3.63, 3.8) is 0 Å². The maximum Gasteiger partial charge on any atom is 0.0159 e. The van der Waals surface area contributed by atoms with Gasteiger partial charge in [0.05, 0.1) is 0 Å². The lowest BCUT2D eigenvalue weighted by Gasteiger charge is -2.28. The number of hydrogen-bond donors (Lipinski definition) is 0. The third kappa shape index (κ3) is 6.01. The van der Waals surface area contributed by atoms with Crippen LogP contribution in [0.2, 0.25) is 0 Å². The maximum atomic E-state index is 2.53. The van der Waals surface area contributed by atoms with Crippen LogP contribution in [0.1, 0.15) is 129 Å². The van der Waals surface area contributed by atoms with Crippen molar-refractivity contribution >= 4 is 32.3 Å². The van der Waals surface area contributed by atoms with E-state index in [2.05, 4.69) is 230 Å². The zero-order valence-electron chi connectivity index (χ0n) is 40.3. The number of benzene rings is 9. The summed E-state index contributed by atoms with van der Waals surface area (Å²) in [5, 5.41) is 8.03. The van der Waals surface area contributed by atoms with Crippen molar-refractivity contribution in [2.24, 2.45) is 0 Å². The molecule has 0 spiro atoms. The van der Waals surface area contributed by atoms with E-state index in [0.29, 0.717) is 0 Å². The van der Waals surface area contributed by atoms with Crippen LogP contribution in [0.15, 0.2) is 140 Å². The van der Waals surface area contributed by atoms with Crippen molar-refractivity contribution in [1.82, 2.24) is 0 Å².